The van der Waals surface area contributed by atoms with Gasteiger partial charge >= 0.3 is 6.18 Å². The van der Waals surface area contributed by atoms with Gasteiger partial charge in [0.2, 0.25) is 0 Å². The van der Waals surface area contributed by atoms with E-state index in [4.69, 9.17) is 5.73 Å². The largest absolute Gasteiger partial charge is 0.507 e. The van der Waals surface area contributed by atoms with Gasteiger partial charge in [0.25, 0.3) is 0 Å². The molecule has 162 valence electrons. The molecule has 5 nitrogen and oxygen atoms in total. The number of alkyl halides is 3. The molecule has 0 aliphatic heterocycles. The molecule has 6 unspecified atom stereocenters. The summed E-state index contributed by atoms with van der Waals surface area (Å²) >= 11 is 0. The molecule has 4 fully saturated rings. The number of phenolic OH excluding ortho intramolecular Hbond substituents is 1. The van der Waals surface area contributed by atoms with E-state index in [-0.39, 0.29) is 33.9 Å². The summed E-state index contributed by atoms with van der Waals surface area (Å²) in [6.45, 7) is 2.17. The molecule has 4 saturated carbocycles. The first-order chi connectivity index (χ1) is 14.6. The van der Waals surface area contributed by atoms with Crippen molar-refractivity contribution in [2.45, 2.75) is 32.0 Å². The average molecular weight is 429 g/mol. The third kappa shape index (κ3) is 2.31. The number of aliphatic hydroxyl groups is 1. The molecule has 0 saturated heterocycles. The van der Waals surface area contributed by atoms with Gasteiger partial charge in [-0.3, -0.25) is 4.99 Å². The molecule has 31 heavy (non-hydrogen) atoms. The minimum absolute atomic E-state index is 0.142. The molecule has 1 spiro atoms. The third-order valence-electron chi connectivity index (χ3n) is 8.30. The number of fused-ring (bicyclic) bond motifs is 1. The Balaban J connectivity index is 1.22. The maximum atomic E-state index is 13.0. The van der Waals surface area contributed by atoms with Gasteiger partial charge < -0.3 is 15.9 Å². The second-order valence-corrected chi connectivity index (χ2v) is 9.72. The first-order valence-electron chi connectivity index (χ1n) is 10.5. The predicted molar refractivity (Wildman–Crippen MR) is 109 cm³/mol. The second kappa shape index (κ2) is 5.59. The van der Waals surface area contributed by atoms with E-state index in [1.54, 1.807) is 18.3 Å². The summed E-state index contributed by atoms with van der Waals surface area (Å²) in [5, 5.41) is 20.5. The summed E-state index contributed by atoms with van der Waals surface area (Å²) in [6.07, 6.45) is -0.660. The van der Waals surface area contributed by atoms with Gasteiger partial charge in [-0.05, 0) is 72.8 Å². The normalized spacial score (nSPS) is 36.8. The Hall–Kier alpha value is -2.61. The maximum Gasteiger partial charge on any atom is 0.416 e. The highest BCUT2D eigenvalue weighted by molar-refractivity contribution is 5.87. The highest BCUT2D eigenvalue weighted by atomic mass is 19.4. The zero-order valence-electron chi connectivity index (χ0n) is 16.8. The molecule has 1 aromatic heterocycles. The summed E-state index contributed by atoms with van der Waals surface area (Å²) < 4.78 is 38.9. The number of phenols is 1. The summed E-state index contributed by atoms with van der Waals surface area (Å²) in [5.74, 6) is 1.43. The number of anilines is 1. The van der Waals surface area contributed by atoms with Crippen molar-refractivity contribution in [1.29, 1.82) is 0 Å². The van der Waals surface area contributed by atoms with Crippen LogP contribution in [0.3, 0.4) is 0 Å². The lowest BCUT2D eigenvalue weighted by Crippen LogP contribution is -2.39. The summed E-state index contributed by atoms with van der Waals surface area (Å²) in [4.78, 5) is 8.90. The third-order valence-corrected chi connectivity index (χ3v) is 8.30. The standard InChI is InChI=1S/C23H22F3N3O2/c1-10-4-12(23(24,25)26)5-15(30)16(10)14-3-2-11(20(27)29-14)8-28-9-21-6-13-7-22(13)18(21)17(21)19(22)31/h2-5,8,13,17-19,30-31H,6-7,9H2,1H3,(H2,27,29). The molecular formula is C23H22F3N3O2. The number of nitrogens with zero attached hydrogens (tertiary/aromatic N) is 2. The zero-order chi connectivity index (χ0) is 21.9. The number of aliphatic imine (C=N–C) groups is 1. The van der Waals surface area contributed by atoms with Gasteiger partial charge in [-0.1, -0.05) is 0 Å². The van der Waals surface area contributed by atoms with Crippen LogP contribution >= 0.6 is 0 Å². The monoisotopic (exact) mass is 429 g/mol. The Morgan fingerprint density at radius 1 is 1.29 bits per heavy atom. The summed E-state index contributed by atoms with van der Waals surface area (Å²) in [5.41, 5.74) is 6.97. The van der Waals surface area contributed by atoms with Gasteiger partial charge in [0, 0.05) is 29.3 Å². The molecule has 1 aromatic carbocycles. The molecule has 1 heterocycles. The van der Waals surface area contributed by atoms with Crippen LogP contribution in [-0.4, -0.2) is 34.1 Å². The van der Waals surface area contributed by atoms with Gasteiger partial charge in [-0.15, -0.1) is 0 Å². The van der Waals surface area contributed by atoms with E-state index < -0.39 is 17.5 Å². The SMILES string of the molecule is Cc1cc(C(F)(F)F)cc(O)c1-c1ccc(C=NCC23CC4CC45C(O)C2C35)c(N)n1. The number of pyridine rings is 1. The van der Waals surface area contributed by atoms with Gasteiger partial charge in [-0.2, -0.15) is 13.2 Å². The number of hydrogen-bond acceptors (Lipinski definition) is 5. The van der Waals surface area contributed by atoms with Crippen molar-refractivity contribution in [3.05, 3.63) is 41.0 Å². The highest BCUT2D eigenvalue weighted by Crippen LogP contribution is 2.96. The molecule has 4 N–H and O–H groups in total. The van der Waals surface area contributed by atoms with Gasteiger partial charge in [0.1, 0.15) is 11.6 Å². The van der Waals surface area contributed by atoms with Crippen LogP contribution < -0.4 is 5.73 Å². The zero-order valence-corrected chi connectivity index (χ0v) is 16.8. The quantitative estimate of drug-likeness (QED) is 0.645. The van der Waals surface area contributed by atoms with Gasteiger partial charge in [0.05, 0.1) is 17.4 Å². The van der Waals surface area contributed by atoms with E-state index in [0.717, 1.165) is 12.5 Å². The maximum absolute atomic E-state index is 13.0. The highest BCUT2D eigenvalue weighted by Gasteiger charge is 2.96. The molecule has 6 atom stereocenters. The first kappa shape index (κ1) is 19.1. The fourth-order valence-electron chi connectivity index (χ4n) is 6.97. The van der Waals surface area contributed by atoms with Crippen molar-refractivity contribution in [3.63, 3.8) is 0 Å². The number of hydrogen-bond donors (Lipinski definition) is 3. The molecule has 6 rings (SSSR count). The van der Waals surface area contributed by atoms with Gasteiger partial charge in [-0.25, -0.2) is 4.98 Å². The van der Waals surface area contributed by atoms with Crippen LogP contribution in [0.1, 0.15) is 29.5 Å². The van der Waals surface area contributed by atoms with E-state index in [1.165, 1.54) is 13.3 Å². The number of halogens is 3. The van der Waals surface area contributed by atoms with Crippen LogP contribution in [0.25, 0.3) is 11.3 Å². The first-order valence-corrected chi connectivity index (χ1v) is 10.5. The number of nitrogen functional groups attached to an aromatic ring is 1. The van der Waals surface area contributed by atoms with Crippen LogP contribution in [0.5, 0.6) is 5.75 Å². The van der Waals surface area contributed by atoms with Crippen molar-refractivity contribution in [1.82, 2.24) is 4.98 Å². The number of benzene rings is 1. The van der Waals surface area contributed by atoms with Crippen molar-refractivity contribution in [2.24, 2.45) is 33.6 Å². The lowest BCUT2D eigenvalue weighted by molar-refractivity contribution is -0.137. The Morgan fingerprint density at radius 2 is 2.06 bits per heavy atom. The fraction of sp³-hybridized carbons (Fsp3) is 0.478. The average Bonchev–Trinajstić information content (AvgIpc) is 3.55. The molecular weight excluding hydrogens is 407 g/mol. The Labute approximate surface area is 176 Å². The van der Waals surface area contributed by atoms with E-state index in [0.29, 0.717) is 41.6 Å². The number of aromatic hydroxyl groups is 1. The number of rotatable bonds is 4. The van der Waals surface area contributed by atoms with Crippen LogP contribution in [0.2, 0.25) is 0 Å². The molecule has 0 radical (unpaired) electrons. The minimum atomic E-state index is -4.54. The fourth-order valence-corrected chi connectivity index (χ4v) is 6.97. The second-order valence-electron chi connectivity index (χ2n) is 9.72. The summed E-state index contributed by atoms with van der Waals surface area (Å²) in [6, 6.07) is 5.01. The summed E-state index contributed by atoms with van der Waals surface area (Å²) in [7, 11) is 0. The lowest BCUT2D eigenvalue weighted by atomic mass is 9.76. The minimum Gasteiger partial charge on any atom is -0.507 e. The number of nitrogens with two attached hydrogens (primary N) is 1. The van der Waals surface area contributed by atoms with Crippen LogP contribution in [0, 0.1) is 35.5 Å². The van der Waals surface area contributed by atoms with Crippen LogP contribution in [-0.2, 0) is 6.18 Å². The van der Waals surface area contributed by atoms with Crippen molar-refractivity contribution in [3.8, 4) is 17.0 Å². The topological polar surface area (TPSA) is 91.7 Å². The van der Waals surface area contributed by atoms with E-state index in [2.05, 4.69) is 9.98 Å². The Morgan fingerprint density at radius 3 is 2.68 bits per heavy atom. The molecule has 4 aliphatic rings. The molecule has 4 aliphatic carbocycles. The van der Waals surface area contributed by atoms with E-state index >= 15 is 0 Å². The molecule has 2 aromatic rings. The molecule has 0 bridgehead atoms. The Kier molecular flexibility index (Phi) is 3.45. The van der Waals surface area contributed by atoms with E-state index in [9.17, 15) is 23.4 Å². The number of aromatic nitrogens is 1. The Bertz CT molecular complexity index is 1140. The lowest BCUT2D eigenvalue weighted by Gasteiger charge is -2.33. The van der Waals surface area contributed by atoms with Gasteiger partial charge in [0.15, 0.2) is 0 Å². The van der Waals surface area contributed by atoms with Crippen molar-refractivity contribution < 1.29 is 23.4 Å². The van der Waals surface area contributed by atoms with E-state index in [1.807, 2.05) is 0 Å². The van der Waals surface area contributed by atoms with Crippen LogP contribution in [0.15, 0.2) is 29.3 Å². The molecule has 0 amide bonds. The smallest absolute Gasteiger partial charge is 0.416 e. The number of aryl methyl sites for hydroxylation is 1. The van der Waals surface area contributed by atoms with Crippen molar-refractivity contribution >= 4 is 12.0 Å². The number of aliphatic hydroxyl groups excluding tert-OH is 1. The van der Waals surface area contributed by atoms with Crippen LogP contribution in [0.4, 0.5) is 19.0 Å². The predicted octanol–water partition coefficient (Wildman–Crippen LogP) is 3.80. The van der Waals surface area contributed by atoms with Crippen molar-refractivity contribution in [2.75, 3.05) is 12.3 Å². The molecule has 8 heteroatoms.